The minimum atomic E-state index is -0.0539. The second-order valence-electron chi connectivity index (χ2n) is 48.1. The van der Waals surface area contributed by atoms with Crippen LogP contribution in [0, 0.1) is 5.41 Å². The fourth-order valence-electron chi connectivity index (χ4n) is 19.4. The van der Waals surface area contributed by atoms with E-state index in [1.807, 2.05) is 98.2 Å². The predicted octanol–water partition coefficient (Wildman–Crippen LogP) is 22.6. The van der Waals surface area contributed by atoms with Gasteiger partial charge in [-0.15, -0.1) is 0 Å². The molecule has 0 amide bonds. The van der Waals surface area contributed by atoms with Gasteiger partial charge < -0.3 is 81.6 Å². The van der Waals surface area contributed by atoms with Crippen LogP contribution in [0.2, 0.25) is 0 Å². The molecule has 0 spiro atoms. The molecule has 0 saturated heterocycles. The van der Waals surface area contributed by atoms with E-state index >= 15 is 0 Å². The molecule has 0 aliphatic heterocycles. The van der Waals surface area contributed by atoms with Crippen LogP contribution in [-0.4, -0.2) is 101 Å². The average molecular weight is 2710 g/mol. The second kappa shape index (κ2) is 47.9. The molecule has 148 heavy (non-hydrogen) atoms. The summed E-state index contributed by atoms with van der Waals surface area (Å²) in [7, 11) is 0. The zero-order chi connectivity index (χ0) is 103. The Hall–Kier alpha value is -10.6. The normalized spacial score (nSPS) is 16.4. The maximum Gasteiger partial charge on any atom is 2.00 e. The molecule has 16 heterocycles. The Bertz CT molecular complexity index is 6550. The third-order valence-corrected chi connectivity index (χ3v) is 28.8. The van der Waals surface area contributed by atoms with Gasteiger partial charge >= 0.3 is 84.3 Å². The van der Waals surface area contributed by atoms with E-state index in [0.29, 0.717) is 34.9 Å². The number of pyridine rings is 4. The van der Waals surface area contributed by atoms with Gasteiger partial charge in [0.2, 0.25) is 0 Å². The summed E-state index contributed by atoms with van der Waals surface area (Å²) in [4.78, 5) is 52.7. The van der Waals surface area contributed by atoms with Gasteiger partial charge in [0, 0.05) is 152 Å². The predicted molar refractivity (Wildman–Crippen MR) is 567 cm³/mol. The maximum absolute atomic E-state index is 4.85. The number of nitrogens with zero attached hydrogens (tertiary/aromatic N) is 28. The van der Waals surface area contributed by atoms with E-state index in [-0.39, 0.29) is 144 Å². The van der Waals surface area contributed by atoms with Crippen molar-refractivity contribution in [1.29, 1.82) is 0 Å². The van der Waals surface area contributed by atoms with Crippen LogP contribution in [-0.2, 0) is 177 Å². The molecule has 1 fully saturated rings. The van der Waals surface area contributed by atoms with Gasteiger partial charge in [0.15, 0.2) is 0 Å². The molecule has 0 N–H and O–H groups in total. The minimum Gasteiger partial charge on any atom is -0.573 e. The third-order valence-electron chi connectivity index (χ3n) is 28.8. The Labute approximate surface area is 932 Å². The summed E-state index contributed by atoms with van der Waals surface area (Å²) in [5.74, 6) is 2.97. The number of hydrogen-bond donors (Lipinski definition) is 0. The van der Waals surface area contributed by atoms with Crippen molar-refractivity contribution < 1.29 is 84.3 Å². The van der Waals surface area contributed by atoms with Gasteiger partial charge in [0.1, 0.15) is 23.3 Å². The van der Waals surface area contributed by atoms with Crippen LogP contribution in [0.3, 0.4) is 0 Å². The maximum atomic E-state index is 4.85. The average Bonchev–Trinajstić information content (AvgIpc) is 1.52. The van der Waals surface area contributed by atoms with E-state index < -0.39 is 0 Å². The summed E-state index contributed by atoms with van der Waals surface area (Å²) >= 11 is 0. The molecule has 1 saturated carbocycles. The molecule has 2 atom stereocenters. The van der Waals surface area contributed by atoms with Gasteiger partial charge in [-0.1, -0.05) is 258 Å². The molecule has 28 nitrogen and oxygen atoms in total. The molecular formula is C116H144N28Pt4. The Morgan fingerprint density at radius 2 is 0.554 bits per heavy atom. The quantitative estimate of drug-likeness (QED) is 0.136. The van der Waals surface area contributed by atoms with E-state index in [1.54, 1.807) is 18.6 Å². The van der Waals surface area contributed by atoms with Crippen molar-refractivity contribution in [2.24, 2.45) is 5.41 Å². The first kappa shape index (κ1) is 118. The summed E-state index contributed by atoms with van der Waals surface area (Å²) < 4.78 is 0. The minimum absolute atomic E-state index is 0. The Morgan fingerprint density at radius 1 is 0.264 bits per heavy atom. The fraction of sp³-hybridized carbons (Fsp3) is 0.483. The first-order valence-electron chi connectivity index (χ1n) is 51.1. The largest absolute Gasteiger partial charge is 2.00 e. The molecule has 2 bridgehead atoms. The molecule has 6 aliphatic carbocycles. The number of aromatic nitrogens is 28. The van der Waals surface area contributed by atoms with E-state index in [0.717, 1.165) is 172 Å². The van der Waals surface area contributed by atoms with Crippen molar-refractivity contribution in [3.05, 3.63) is 261 Å². The smallest absolute Gasteiger partial charge is 0.573 e. The van der Waals surface area contributed by atoms with Gasteiger partial charge in [-0.25, -0.2) is 39.9 Å². The first-order chi connectivity index (χ1) is 68.0. The van der Waals surface area contributed by atoms with Crippen LogP contribution in [0.15, 0.2) is 165 Å². The Balaban J connectivity index is 0.000000166. The summed E-state index contributed by atoms with van der Waals surface area (Å²) in [5.41, 5.74) is 31.1. The van der Waals surface area contributed by atoms with Crippen LogP contribution in [0.25, 0.3) is 91.6 Å². The third kappa shape index (κ3) is 27.4. The molecule has 0 radical (unpaired) electrons. The molecular weight excluding hydrogens is 2570 g/mol. The second-order valence-corrected chi connectivity index (χ2v) is 48.1. The van der Waals surface area contributed by atoms with Crippen molar-refractivity contribution in [2.45, 2.75) is 357 Å². The molecule has 6 aliphatic rings. The molecule has 16 aromatic heterocycles. The van der Waals surface area contributed by atoms with Crippen LogP contribution in [0.5, 0.6) is 0 Å². The number of rotatable bonds is 8. The number of fused-ring (bicyclic) bond motifs is 9. The molecule has 32 heteroatoms. The van der Waals surface area contributed by atoms with E-state index in [2.05, 4.69) is 369 Å². The van der Waals surface area contributed by atoms with Crippen molar-refractivity contribution in [3.8, 4) is 91.6 Å². The van der Waals surface area contributed by atoms with Crippen molar-refractivity contribution >= 4 is 0 Å². The van der Waals surface area contributed by atoms with Crippen LogP contribution < -0.4 is 40.8 Å². The fourth-order valence-corrected chi connectivity index (χ4v) is 19.4. The van der Waals surface area contributed by atoms with Gasteiger partial charge in [-0.2, -0.15) is 0 Å². The van der Waals surface area contributed by atoms with E-state index in [9.17, 15) is 0 Å². The first-order valence-corrected chi connectivity index (χ1v) is 51.1. The standard InChI is InChI=1S/2C22H26N6.C18H18N6.C18H22N6.4C9H13N.4Pt/c1-20(2,3)15-11-14(25-26-15)13-8-10-23-19(24-13)17-16-12-7-9-22(6,21(12,4)5)18(16)28-27-17;1-21(2)10-5-7-13-16(25-27-18(13)21)15-9-12-23-20(24-15)17-14-8-6-11-22(3,4)19(14)28-26-17;1-3-7-13-11(5-1)16(23-21-13)15-9-10-19-18(20-15)17-12-6-2-4-8-14(12)22-24-17;1-17(2,3)14-9-12(21-23-14)11-7-8-19-16(20-11)13-10-15(24-22-13)18(4,5)6;4*1-9(2,3)8-4-6-10-7-5-8;;;;/h8,10-12H,7,9H2,1-6H3;9,12H,5-8,10-11H2,1-4H3;9-10H,1-8H2;7-10H,1-6H3;4*4-7H,1-3H3;;;;/q4*-2;;;;;4*+2. The zero-order valence-corrected chi connectivity index (χ0v) is 100. The van der Waals surface area contributed by atoms with Crippen molar-refractivity contribution in [1.82, 2.24) is 141 Å². The van der Waals surface area contributed by atoms with Gasteiger partial charge in [-0.3, -0.25) is 19.9 Å². The van der Waals surface area contributed by atoms with Crippen LogP contribution in [0.4, 0.5) is 0 Å². The van der Waals surface area contributed by atoms with Crippen LogP contribution in [0.1, 0.15) is 360 Å². The van der Waals surface area contributed by atoms with Gasteiger partial charge in [0.05, 0.1) is 22.8 Å². The monoisotopic (exact) mass is 2710 g/mol. The SMILES string of the molecule is CC(C)(C)c1cc(-c2ccnc(-c3[n-]nc4c3C3CCC4(C)C3(C)C)n2)[n-]n1.CC(C)(C)c1cc(-c2ccnc(-c3cc(C(C)(C)C)n[n-]3)n2)[n-]n1.CC(C)(C)c1ccncc1.CC(C)(C)c1ccncc1.CC(C)(C)c1ccncc1.CC(C)(C)c1ccncc1.CC1(C)CCCc2c1n[n-]c2-c1ccnc(-c2[n-]nc3c2CCCC3(C)C)n1.[Pt+2].[Pt+2].[Pt+2].[Pt+2].c1cc(-c2[n-]nc3c2CCCC3)nc(-c2[n-]nc3c2CCCC3)n1. The number of hydrogen-bond acceptors (Lipinski definition) is 20. The summed E-state index contributed by atoms with van der Waals surface area (Å²) in [6.07, 6.45) is 39.7. The number of aryl methyl sites for hydroxylation is 2. The van der Waals surface area contributed by atoms with Crippen molar-refractivity contribution in [2.75, 3.05) is 0 Å². The van der Waals surface area contributed by atoms with E-state index in [1.165, 1.54) is 88.6 Å². The Morgan fingerprint density at radius 3 is 0.939 bits per heavy atom. The topological polar surface area (TPSA) is 371 Å². The molecule has 788 valence electrons. The van der Waals surface area contributed by atoms with E-state index in [4.69, 9.17) is 15.0 Å². The van der Waals surface area contributed by atoms with Gasteiger partial charge in [-0.05, 0) is 259 Å². The van der Waals surface area contributed by atoms with Crippen molar-refractivity contribution in [3.63, 3.8) is 0 Å². The Kier molecular flexibility index (Phi) is 38.1. The molecule has 2 unspecified atom stereocenters. The molecule has 0 aromatic carbocycles. The molecule has 16 aromatic rings. The van der Waals surface area contributed by atoms with Crippen LogP contribution >= 0.6 is 0 Å². The molecule has 22 rings (SSSR count). The summed E-state index contributed by atoms with van der Waals surface area (Å²) in [6, 6.07) is 29.9. The van der Waals surface area contributed by atoms with Gasteiger partial charge in [0.25, 0.3) is 0 Å². The summed E-state index contributed by atoms with van der Waals surface area (Å²) in [6.45, 7) is 61.4. The summed E-state index contributed by atoms with van der Waals surface area (Å²) in [5, 5.41) is 70.3. The zero-order valence-electron chi connectivity index (χ0n) is 91.3.